The monoisotopic (exact) mass is 617 g/mol. The summed E-state index contributed by atoms with van der Waals surface area (Å²) in [5, 5.41) is 18.1. The van der Waals surface area contributed by atoms with Crippen LogP contribution in [0.3, 0.4) is 0 Å². The minimum atomic E-state index is -1.00. The molecule has 1 aliphatic rings. The van der Waals surface area contributed by atoms with Crippen molar-refractivity contribution in [2.24, 2.45) is 5.92 Å². The number of aryl methyl sites for hydroxylation is 1. The summed E-state index contributed by atoms with van der Waals surface area (Å²) < 4.78 is 1.82. The summed E-state index contributed by atoms with van der Waals surface area (Å²) in [7, 11) is 0. The van der Waals surface area contributed by atoms with Crippen LogP contribution in [-0.2, 0) is 22.6 Å². The fraction of sp³-hybridized carbons (Fsp3) is 0.486. The second kappa shape index (κ2) is 16.7. The Bertz CT molecular complexity index is 1460. The number of benzene rings is 2. The predicted octanol–water partition coefficient (Wildman–Crippen LogP) is 5.49. The van der Waals surface area contributed by atoms with Crippen LogP contribution in [0.25, 0.3) is 10.9 Å². The average molecular weight is 618 g/mol. The fourth-order valence-corrected chi connectivity index (χ4v) is 6.15. The Morgan fingerprint density at radius 1 is 0.867 bits per heavy atom. The highest BCUT2D eigenvalue weighted by molar-refractivity contribution is 6.01. The third-order valence-corrected chi connectivity index (χ3v) is 8.70. The molecule has 0 saturated heterocycles. The van der Waals surface area contributed by atoms with Crippen LogP contribution in [0.2, 0.25) is 0 Å². The van der Waals surface area contributed by atoms with Crippen LogP contribution in [0, 0.1) is 5.92 Å². The number of para-hydroxylation sites is 1. The third kappa shape index (κ3) is 9.33. The molecule has 4 rings (SSSR count). The van der Waals surface area contributed by atoms with E-state index in [1.165, 1.54) is 0 Å². The van der Waals surface area contributed by atoms with Gasteiger partial charge in [-0.1, -0.05) is 50.1 Å². The van der Waals surface area contributed by atoms with Gasteiger partial charge in [-0.3, -0.25) is 14.4 Å². The Balaban J connectivity index is 1.31. The molecule has 10 nitrogen and oxygen atoms in total. The van der Waals surface area contributed by atoms with E-state index >= 15 is 0 Å². The van der Waals surface area contributed by atoms with E-state index in [0.29, 0.717) is 38.2 Å². The Labute approximate surface area is 265 Å². The van der Waals surface area contributed by atoms with Gasteiger partial charge in [-0.05, 0) is 81.7 Å². The topological polar surface area (TPSA) is 133 Å². The zero-order valence-corrected chi connectivity index (χ0v) is 26.5. The molecular weight excluding hydrogens is 570 g/mol. The number of carbonyl (C=O) groups excluding carboxylic acids is 3. The van der Waals surface area contributed by atoms with Gasteiger partial charge in [0.2, 0.25) is 11.8 Å². The van der Waals surface area contributed by atoms with Gasteiger partial charge >= 0.3 is 6.09 Å². The molecule has 1 saturated carbocycles. The number of carbonyl (C=O) groups is 4. The summed E-state index contributed by atoms with van der Waals surface area (Å²) in [6, 6.07) is 17.6. The van der Waals surface area contributed by atoms with Crippen LogP contribution in [-0.4, -0.2) is 59.2 Å². The van der Waals surface area contributed by atoms with Gasteiger partial charge in [0.1, 0.15) is 12.2 Å². The van der Waals surface area contributed by atoms with E-state index in [9.17, 15) is 19.2 Å². The molecule has 1 aromatic heterocycles. The molecule has 4 amide bonds. The van der Waals surface area contributed by atoms with Gasteiger partial charge in [-0.2, -0.15) is 0 Å². The van der Waals surface area contributed by atoms with Gasteiger partial charge < -0.3 is 30.5 Å². The van der Waals surface area contributed by atoms with E-state index in [1.54, 1.807) is 4.90 Å². The number of nitrogens with zero attached hydrogens (tertiary/aromatic N) is 2. The SMILES string of the molecule is CCc1cccc(N(CC)C(=O)Cn2c(C(=O)N[C@H]3CC[C@H](C(=O)NCCCCCCNC(=O)O)CC3)cc3ccccc32)c1. The quantitative estimate of drug-likeness (QED) is 0.168. The number of anilines is 1. The number of amides is 4. The molecule has 45 heavy (non-hydrogen) atoms. The van der Waals surface area contributed by atoms with Crippen LogP contribution in [0.5, 0.6) is 0 Å². The molecule has 4 N–H and O–H groups in total. The Hall–Kier alpha value is -4.34. The summed E-state index contributed by atoms with van der Waals surface area (Å²) >= 11 is 0. The fourth-order valence-electron chi connectivity index (χ4n) is 6.15. The zero-order chi connectivity index (χ0) is 32.2. The van der Waals surface area contributed by atoms with Gasteiger partial charge in [0.05, 0.1) is 0 Å². The Morgan fingerprint density at radius 2 is 1.58 bits per heavy atom. The van der Waals surface area contributed by atoms with Crippen molar-refractivity contribution in [3.05, 3.63) is 65.9 Å². The first-order chi connectivity index (χ1) is 21.8. The molecule has 0 atom stereocenters. The summed E-state index contributed by atoms with van der Waals surface area (Å²) in [6.45, 7) is 5.69. The van der Waals surface area contributed by atoms with Crippen LogP contribution in [0.1, 0.15) is 81.3 Å². The first kappa shape index (κ1) is 33.6. The molecule has 0 aliphatic heterocycles. The molecule has 10 heteroatoms. The van der Waals surface area contributed by atoms with E-state index in [4.69, 9.17) is 5.11 Å². The van der Waals surface area contributed by atoms with Gasteiger partial charge in [0.15, 0.2) is 0 Å². The number of aromatic nitrogens is 1. The lowest BCUT2D eigenvalue weighted by Gasteiger charge is -2.28. The molecule has 1 aliphatic carbocycles. The standard InChI is InChI=1S/C35H47N5O5/c1-3-25-12-11-14-29(22-25)39(4-2)32(41)24-40-30-15-8-7-13-27(30)23-31(40)34(43)38-28-18-16-26(17-19-28)33(42)36-20-9-5-6-10-21-37-35(44)45/h7-8,11-15,22-23,26,28,37H,3-6,9-10,16-21,24H2,1-2H3,(H,36,42)(H,38,43)(H,44,45)/t26-,28-. The van der Waals surface area contributed by atoms with Crippen LogP contribution >= 0.6 is 0 Å². The van der Waals surface area contributed by atoms with E-state index in [1.807, 2.05) is 60.0 Å². The van der Waals surface area contributed by atoms with Crippen molar-refractivity contribution in [2.45, 2.75) is 84.2 Å². The van der Waals surface area contributed by atoms with Crippen molar-refractivity contribution in [1.29, 1.82) is 0 Å². The van der Waals surface area contributed by atoms with Crippen molar-refractivity contribution in [3.8, 4) is 0 Å². The molecule has 2 aromatic carbocycles. The number of likely N-dealkylation sites (N-methyl/N-ethyl adjacent to an activating group) is 1. The average Bonchev–Trinajstić information content (AvgIpc) is 3.41. The summed E-state index contributed by atoms with van der Waals surface area (Å²) in [4.78, 5) is 52.2. The first-order valence-electron chi connectivity index (χ1n) is 16.3. The molecule has 0 spiro atoms. The molecule has 0 bridgehead atoms. The van der Waals surface area contributed by atoms with Gasteiger partial charge in [0, 0.05) is 48.2 Å². The van der Waals surface area contributed by atoms with Crippen molar-refractivity contribution in [2.75, 3.05) is 24.5 Å². The van der Waals surface area contributed by atoms with E-state index in [-0.39, 0.29) is 36.2 Å². The van der Waals surface area contributed by atoms with Crippen LogP contribution < -0.4 is 20.9 Å². The van der Waals surface area contributed by atoms with Crippen molar-refractivity contribution in [1.82, 2.24) is 20.5 Å². The normalized spacial score (nSPS) is 16.2. The number of hydrogen-bond donors (Lipinski definition) is 4. The highest BCUT2D eigenvalue weighted by Crippen LogP contribution is 2.26. The maximum atomic E-state index is 13.6. The summed E-state index contributed by atoms with van der Waals surface area (Å²) in [6.07, 6.45) is 6.24. The number of fused-ring (bicyclic) bond motifs is 1. The Kier molecular flexibility index (Phi) is 12.4. The molecule has 0 unspecified atom stereocenters. The predicted molar refractivity (Wildman–Crippen MR) is 177 cm³/mol. The van der Waals surface area contributed by atoms with E-state index in [0.717, 1.165) is 67.1 Å². The second-order valence-electron chi connectivity index (χ2n) is 11.8. The molecule has 1 fully saturated rings. The first-order valence-corrected chi connectivity index (χ1v) is 16.3. The highest BCUT2D eigenvalue weighted by Gasteiger charge is 2.28. The lowest BCUT2D eigenvalue weighted by molar-refractivity contribution is -0.126. The number of nitrogens with one attached hydrogen (secondary N) is 3. The Morgan fingerprint density at radius 3 is 2.27 bits per heavy atom. The number of hydrogen-bond acceptors (Lipinski definition) is 4. The summed E-state index contributed by atoms with van der Waals surface area (Å²) in [5.41, 5.74) is 3.32. The molecule has 1 heterocycles. The molecule has 0 radical (unpaired) electrons. The molecule has 3 aromatic rings. The van der Waals surface area contributed by atoms with Gasteiger partial charge in [-0.15, -0.1) is 0 Å². The molecular formula is C35H47N5O5. The van der Waals surface area contributed by atoms with Crippen molar-refractivity contribution in [3.63, 3.8) is 0 Å². The second-order valence-corrected chi connectivity index (χ2v) is 11.8. The lowest BCUT2D eigenvalue weighted by Crippen LogP contribution is -2.42. The van der Waals surface area contributed by atoms with Crippen LogP contribution in [0.4, 0.5) is 10.5 Å². The third-order valence-electron chi connectivity index (χ3n) is 8.70. The van der Waals surface area contributed by atoms with Gasteiger partial charge in [0.25, 0.3) is 5.91 Å². The minimum Gasteiger partial charge on any atom is -0.465 e. The van der Waals surface area contributed by atoms with Crippen molar-refractivity contribution < 1.29 is 24.3 Å². The number of carboxylic acid groups (broad SMARTS) is 1. The lowest BCUT2D eigenvalue weighted by atomic mass is 9.85. The van der Waals surface area contributed by atoms with Crippen LogP contribution in [0.15, 0.2) is 54.6 Å². The number of rotatable bonds is 15. The smallest absolute Gasteiger partial charge is 0.404 e. The minimum absolute atomic E-state index is 0.0351. The maximum absolute atomic E-state index is 13.6. The van der Waals surface area contributed by atoms with Gasteiger partial charge in [-0.25, -0.2) is 4.79 Å². The van der Waals surface area contributed by atoms with E-state index < -0.39 is 6.09 Å². The summed E-state index contributed by atoms with van der Waals surface area (Å²) in [5.74, 6) is -0.284. The molecule has 242 valence electrons. The zero-order valence-electron chi connectivity index (χ0n) is 26.5. The van der Waals surface area contributed by atoms with Crippen molar-refractivity contribution >= 4 is 40.4 Å². The number of unbranched alkanes of at least 4 members (excludes halogenated alkanes) is 3. The largest absolute Gasteiger partial charge is 0.465 e. The van der Waals surface area contributed by atoms with E-state index in [2.05, 4.69) is 28.9 Å². The maximum Gasteiger partial charge on any atom is 0.404 e. The highest BCUT2D eigenvalue weighted by atomic mass is 16.4.